The van der Waals surface area contributed by atoms with Gasteiger partial charge >= 0.3 is 6.18 Å². The molecule has 1 atom stereocenters. The number of amides is 1. The summed E-state index contributed by atoms with van der Waals surface area (Å²) >= 11 is 3.49. The largest absolute Gasteiger partial charge is 0.494 e. The Bertz CT molecular complexity index is 1370. The summed E-state index contributed by atoms with van der Waals surface area (Å²) in [7, 11) is 0. The van der Waals surface area contributed by atoms with Gasteiger partial charge in [-0.25, -0.2) is 14.8 Å². The summed E-state index contributed by atoms with van der Waals surface area (Å²) in [5.41, 5.74) is 3.98. The Hall–Kier alpha value is -3.48. The number of halogens is 5. The summed E-state index contributed by atoms with van der Waals surface area (Å²) in [6.07, 6.45) is -4.05. The van der Waals surface area contributed by atoms with Crippen LogP contribution in [0.3, 0.4) is 0 Å². The number of aliphatic imine (C=N–C) groups is 1. The Morgan fingerprint density at radius 2 is 1.88 bits per heavy atom. The van der Waals surface area contributed by atoms with Crippen molar-refractivity contribution in [2.75, 3.05) is 19.8 Å². The van der Waals surface area contributed by atoms with Crippen molar-refractivity contribution < 1.29 is 36.9 Å². The van der Waals surface area contributed by atoms with E-state index in [-0.39, 0.29) is 37.6 Å². The third-order valence-electron chi connectivity index (χ3n) is 6.08. The average Bonchev–Trinajstić information content (AvgIpc) is 3.35. The molecule has 3 aromatic rings. The molecule has 40 heavy (non-hydrogen) atoms. The van der Waals surface area contributed by atoms with Gasteiger partial charge < -0.3 is 14.6 Å². The second-order valence-electron chi connectivity index (χ2n) is 9.11. The Morgan fingerprint density at radius 1 is 1.12 bits per heavy atom. The molecule has 0 fully saturated rings. The standard InChI is InChI=1S/C28H26BrF4N3O4/c29-24-5-2-1-4-20(24)15-27(17-40-25(35-27)19-6-8-23(9-7-19)39-11-3-10-37)26(38)36-34-16-18-12-21(28(31,32)33)14-22(30)13-18/h1-2,4-9,12-14,34,37H,3,10-11,15-17H2,(H,36,38)/t27-/m0/s1. The fourth-order valence-corrected chi connectivity index (χ4v) is 4.47. The van der Waals surface area contributed by atoms with Gasteiger partial charge in [0.1, 0.15) is 18.2 Å². The van der Waals surface area contributed by atoms with E-state index >= 15 is 0 Å². The highest BCUT2D eigenvalue weighted by Gasteiger charge is 2.45. The average molecular weight is 624 g/mol. The molecule has 12 heteroatoms. The number of carbonyl (C=O) groups excluding carboxylic acids is 1. The number of aliphatic hydroxyl groups excluding tert-OH is 1. The number of rotatable bonds is 11. The molecule has 0 bridgehead atoms. The van der Waals surface area contributed by atoms with Crippen molar-refractivity contribution in [1.29, 1.82) is 0 Å². The number of nitrogens with one attached hydrogen (secondary N) is 2. The third kappa shape index (κ3) is 7.38. The van der Waals surface area contributed by atoms with Crippen LogP contribution in [0.2, 0.25) is 0 Å². The van der Waals surface area contributed by atoms with Crippen molar-refractivity contribution in [3.63, 3.8) is 0 Å². The maximum absolute atomic E-state index is 13.8. The molecular formula is C28H26BrF4N3O4. The molecule has 3 aromatic carbocycles. The molecule has 3 N–H and O–H groups in total. The van der Waals surface area contributed by atoms with Crippen molar-refractivity contribution in [2.24, 2.45) is 4.99 Å². The number of alkyl halides is 3. The number of aliphatic hydroxyl groups is 1. The summed E-state index contributed by atoms with van der Waals surface area (Å²) in [6, 6.07) is 16.4. The van der Waals surface area contributed by atoms with Gasteiger partial charge in [0.05, 0.1) is 12.2 Å². The lowest BCUT2D eigenvalue weighted by Gasteiger charge is -2.24. The normalized spacial score (nSPS) is 16.8. The molecule has 0 spiro atoms. The molecule has 0 saturated heterocycles. The first-order valence-corrected chi connectivity index (χ1v) is 13.1. The molecule has 1 aliphatic rings. The Morgan fingerprint density at radius 3 is 2.58 bits per heavy atom. The molecule has 1 heterocycles. The second kappa shape index (κ2) is 12.8. The quantitative estimate of drug-likeness (QED) is 0.160. The van der Waals surface area contributed by atoms with Crippen molar-refractivity contribution in [3.8, 4) is 5.75 Å². The molecule has 0 aliphatic carbocycles. The number of hydrogen-bond donors (Lipinski definition) is 3. The van der Waals surface area contributed by atoms with Crippen LogP contribution in [0.4, 0.5) is 17.6 Å². The smallest absolute Gasteiger partial charge is 0.416 e. The van der Waals surface area contributed by atoms with E-state index in [1.165, 1.54) is 0 Å². The predicted molar refractivity (Wildman–Crippen MR) is 143 cm³/mol. The molecule has 7 nitrogen and oxygen atoms in total. The lowest BCUT2D eigenvalue weighted by molar-refractivity contribution is -0.137. The van der Waals surface area contributed by atoms with Crippen LogP contribution in [0.15, 0.2) is 76.2 Å². The Balaban J connectivity index is 1.53. The minimum atomic E-state index is -4.71. The highest BCUT2D eigenvalue weighted by molar-refractivity contribution is 9.10. The predicted octanol–water partition coefficient (Wildman–Crippen LogP) is 4.95. The number of carbonyl (C=O) groups is 1. The number of nitrogens with zero attached hydrogens (tertiary/aromatic N) is 1. The highest BCUT2D eigenvalue weighted by Crippen LogP contribution is 2.31. The molecule has 0 unspecified atom stereocenters. The Labute approximate surface area is 236 Å². The van der Waals surface area contributed by atoms with E-state index in [1.54, 1.807) is 24.3 Å². The number of hydrazine groups is 1. The summed E-state index contributed by atoms with van der Waals surface area (Å²) in [6.45, 7) is 0.0374. The van der Waals surface area contributed by atoms with Crippen LogP contribution in [-0.2, 0) is 28.7 Å². The number of hydrogen-bond acceptors (Lipinski definition) is 6. The van der Waals surface area contributed by atoms with Crippen molar-refractivity contribution in [1.82, 2.24) is 10.9 Å². The first kappa shape index (κ1) is 29.5. The van der Waals surface area contributed by atoms with Crippen molar-refractivity contribution >= 4 is 27.7 Å². The molecule has 212 valence electrons. The van der Waals surface area contributed by atoms with E-state index in [4.69, 9.17) is 14.6 Å². The molecule has 0 saturated carbocycles. The van der Waals surface area contributed by atoms with Gasteiger partial charge in [0.25, 0.3) is 5.91 Å². The van der Waals surface area contributed by atoms with Gasteiger partial charge in [0.2, 0.25) is 5.90 Å². The van der Waals surface area contributed by atoms with Gasteiger partial charge in [-0.3, -0.25) is 10.2 Å². The first-order chi connectivity index (χ1) is 19.1. The van der Waals surface area contributed by atoms with Crippen LogP contribution < -0.4 is 15.6 Å². The van der Waals surface area contributed by atoms with Crippen LogP contribution in [0.5, 0.6) is 5.75 Å². The van der Waals surface area contributed by atoms with E-state index in [2.05, 4.69) is 31.8 Å². The monoisotopic (exact) mass is 623 g/mol. The van der Waals surface area contributed by atoms with Crippen LogP contribution in [0.25, 0.3) is 0 Å². The zero-order valence-corrected chi connectivity index (χ0v) is 22.7. The summed E-state index contributed by atoms with van der Waals surface area (Å²) in [5.74, 6) is -0.770. The fraction of sp³-hybridized carbons (Fsp3) is 0.286. The maximum atomic E-state index is 13.8. The highest BCUT2D eigenvalue weighted by atomic mass is 79.9. The molecular weight excluding hydrogens is 598 g/mol. The van der Waals surface area contributed by atoms with Gasteiger partial charge in [-0.2, -0.15) is 13.2 Å². The summed E-state index contributed by atoms with van der Waals surface area (Å²) in [5, 5.41) is 8.90. The molecule has 4 rings (SSSR count). The van der Waals surface area contributed by atoms with Crippen LogP contribution >= 0.6 is 15.9 Å². The van der Waals surface area contributed by atoms with Gasteiger partial charge in [-0.1, -0.05) is 34.1 Å². The SMILES string of the molecule is O=C(NNCc1cc(F)cc(C(F)(F)F)c1)[C@]1(Cc2ccccc2Br)COC(c2ccc(OCCCO)cc2)=N1. The van der Waals surface area contributed by atoms with E-state index in [1.807, 2.05) is 24.3 Å². The molecule has 0 radical (unpaired) electrons. The van der Waals surface area contributed by atoms with Crippen LogP contribution in [-0.4, -0.2) is 42.3 Å². The molecule has 1 aliphatic heterocycles. The van der Waals surface area contributed by atoms with Crippen molar-refractivity contribution in [2.45, 2.75) is 31.1 Å². The lowest BCUT2D eigenvalue weighted by atomic mass is 9.91. The van der Waals surface area contributed by atoms with Gasteiger partial charge in [0.15, 0.2) is 5.54 Å². The van der Waals surface area contributed by atoms with Crippen molar-refractivity contribution in [3.05, 3.63) is 99.3 Å². The third-order valence-corrected chi connectivity index (χ3v) is 6.85. The summed E-state index contributed by atoms with van der Waals surface area (Å²) < 4.78 is 65.1. The lowest BCUT2D eigenvalue weighted by Crippen LogP contribution is -2.52. The van der Waals surface area contributed by atoms with E-state index in [0.29, 0.717) is 30.4 Å². The maximum Gasteiger partial charge on any atom is 0.416 e. The Kier molecular flexibility index (Phi) is 9.44. The minimum absolute atomic E-state index is 0.000591. The van der Waals surface area contributed by atoms with E-state index in [9.17, 15) is 22.4 Å². The topological polar surface area (TPSA) is 92.2 Å². The van der Waals surface area contributed by atoms with Crippen LogP contribution in [0, 0.1) is 5.82 Å². The van der Waals surface area contributed by atoms with E-state index < -0.39 is 29.0 Å². The molecule has 1 amide bonds. The summed E-state index contributed by atoms with van der Waals surface area (Å²) in [4.78, 5) is 18.1. The van der Waals surface area contributed by atoms with E-state index in [0.717, 1.165) is 22.2 Å². The fourth-order valence-electron chi connectivity index (χ4n) is 4.05. The first-order valence-electron chi connectivity index (χ1n) is 12.3. The van der Waals surface area contributed by atoms with Gasteiger partial charge in [-0.15, -0.1) is 0 Å². The number of benzene rings is 3. The minimum Gasteiger partial charge on any atom is -0.494 e. The molecule has 0 aromatic heterocycles. The number of ether oxygens (including phenoxy) is 2. The second-order valence-corrected chi connectivity index (χ2v) is 9.96. The van der Waals surface area contributed by atoms with Gasteiger partial charge in [0, 0.05) is 36.0 Å². The van der Waals surface area contributed by atoms with Gasteiger partial charge in [-0.05, 0) is 59.7 Å². The zero-order valence-electron chi connectivity index (χ0n) is 21.1. The zero-order chi connectivity index (χ0) is 28.8. The van der Waals surface area contributed by atoms with Crippen LogP contribution in [0.1, 0.15) is 28.7 Å².